The third-order valence-electron chi connectivity index (χ3n) is 2.84. The molecule has 0 spiro atoms. The van der Waals surface area contributed by atoms with Crippen molar-refractivity contribution in [2.24, 2.45) is 7.05 Å². The van der Waals surface area contributed by atoms with Gasteiger partial charge >= 0.3 is 0 Å². The first-order valence-electron chi connectivity index (χ1n) is 5.83. The van der Waals surface area contributed by atoms with Crippen molar-refractivity contribution in [3.05, 3.63) is 18.6 Å². The van der Waals surface area contributed by atoms with E-state index in [2.05, 4.69) is 30.8 Å². The maximum absolute atomic E-state index is 5.15. The number of pyridine rings is 1. The topological polar surface area (TPSA) is 43.2 Å². The lowest BCUT2D eigenvalue weighted by atomic mass is 10.3. The molecule has 0 amide bonds. The minimum atomic E-state index is 0.678. The number of imidazole rings is 1. The molecular weight excluding hydrogens is 296 g/mol. The number of fused-ring (bicyclic) bond motifs is 1. The zero-order valence-corrected chi connectivity index (χ0v) is 12.2. The van der Waals surface area contributed by atoms with Crippen molar-refractivity contribution in [3.63, 3.8) is 0 Å². The summed E-state index contributed by atoms with van der Waals surface area (Å²) in [6.45, 7) is 2.37. The molecule has 98 valence electrons. The van der Waals surface area contributed by atoms with Gasteiger partial charge in [0.05, 0.1) is 18.5 Å². The van der Waals surface area contributed by atoms with E-state index in [4.69, 9.17) is 4.74 Å². The molecule has 2 aromatic rings. The Morgan fingerprint density at radius 1 is 1.39 bits per heavy atom. The largest absolute Gasteiger partial charge is 0.383 e. The predicted molar refractivity (Wildman–Crippen MR) is 76.4 cm³/mol. The molecule has 0 aromatic carbocycles. The van der Waals surface area contributed by atoms with Crippen molar-refractivity contribution < 1.29 is 4.74 Å². The molecule has 0 fully saturated rings. The van der Waals surface area contributed by atoms with Crippen molar-refractivity contribution in [3.8, 4) is 0 Å². The van der Waals surface area contributed by atoms with Crippen molar-refractivity contribution in [2.45, 2.75) is 0 Å². The summed E-state index contributed by atoms with van der Waals surface area (Å²) in [6, 6.07) is 1.98. The Kier molecular flexibility index (Phi) is 4.54. The quantitative estimate of drug-likeness (QED) is 0.763. The van der Waals surface area contributed by atoms with Crippen molar-refractivity contribution in [1.82, 2.24) is 14.5 Å². The normalized spacial score (nSPS) is 11.1. The maximum atomic E-state index is 5.15. The molecule has 0 bridgehead atoms. The van der Waals surface area contributed by atoms with Crippen LogP contribution in [0, 0.1) is 0 Å². The number of nitrogens with zero attached hydrogens (tertiary/aromatic N) is 4. The molecule has 0 N–H and O–H groups in total. The van der Waals surface area contributed by atoms with E-state index in [0.29, 0.717) is 6.61 Å². The van der Waals surface area contributed by atoms with Crippen LogP contribution in [-0.2, 0) is 11.8 Å². The number of ether oxygens (including phenoxy) is 1. The lowest BCUT2D eigenvalue weighted by molar-refractivity contribution is 0.205. The van der Waals surface area contributed by atoms with Crippen LogP contribution < -0.4 is 4.90 Å². The molecule has 0 saturated carbocycles. The molecule has 0 radical (unpaired) electrons. The molecule has 0 aliphatic carbocycles. The standard InChI is InChI=1S/C12H17BrN4O/c1-16-9-15-11-10(16)3-5-14-12(11)17(6-4-13)7-8-18-2/h3,5,9H,4,6-8H2,1-2H3. The number of aromatic nitrogens is 3. The highest BCUT2D eigenvalue weighted by molar-refractivity contribution is 9.09. The lowest BCUT2D eigenvalue weighted by Crippen LogP contribution is -2.30. The van der Waals surface area contributed by atoms with E-state index >= 15 is 0 Å². The van der Waals surface area contributed by atoms with E-state index in [1.807, 2.05) is 30.2 Å². The number of rotatable bonds is 6. The molecule has 2 heterocycles. The number of halogens is 1. The lowest BCUT2D eigenvalue weighted by Gasteiger charge is -2.22. The van der Waals surface area contributed by atoms with Gasteiger partial charge in [-0.3, -0.25) is 0 Å². The van der Waals surface area contributed by atoms with Crippen LogP contribution in [-0.4, -0.2) is 46.7 Å². The number of alkyl halides is 1. The Labute approximate surface area is 115 Å². The summed E-state index contributed by atoms with van der Waals surface area (Å²) < 4.78 is 7.15. The van der Waals surface area contributed by atoms with E-state index in [1.165, 1.54) is 0 Å². The summed E-state index contributed by atoms with van der Waals surface area (Å²) in [5.41, 5.74) is 2.04. The molecule has 2 aromatic heterocycles. The number of anilines is 1. The third kappa shape index (κ3) is 2.64. The number of methoxy groups -OCH3 is 1. The molecule has 2 rings (SSSR count). The van der Waals surface area contributed by atoms with Gasteiger partial charge in [0.1, 0.15) is 5.52 Å². The van der Waals surface area contributed by atoms with E-state index < -0.39 is 0 Å². The molecule has 0 aliphatic rings. The Morgan fingerprint density at radius 2 is 2.22 bits per heavy atom. The molecule has 0 atom stereocenters. The summed E-state index contributed by atoms with van der Waals surface area (Å²) in [5, 5.41) is 0.890. The van der Waals surface area contributed by atoms with Crippen LogP contribution >= 0.6 is 15.9 Å². The molecule has 0 saturated heterocycles. The van der Waals surface area contributed by atoms with Crippen molar-refractivity contribution >= 4 is 32.8 Å². The smallest absolute Gasteiger partial charge is 0.156 e. The van der Waals surface area contributed by atoms with E-state index in [9.17, 15) is 0 Å². The highest BCUT2D eigenvalue weighted by atomic mass is 79.9. The van der Waals surface area contributed by atoms with Gasteiger partial charge in [-0.05, 0) is 6.07 Å². The van der Waals surface area contributed by atoms with Crippen LogP contribution in [0.3, 0.4) is 0 Å². The fourth-order valence-electron chi connectivity index (χ4n) is 1.91. The molecule has 0 unspecified atom stereocenters. The average Bonchev–Trinajstić information content (AvgIpc) is 2.77. The summed E-state index contributed by atoms with van der Waals surface area (Å²) in [6.07, 6.45) is 3.64. The fraction of sp³-hybridized carbons (Fsp3) is 0.500. The Hall–Kier alpha value is -1.14. The molecule has 6 heteroatoms. The second kappa shape index (κ2) is 6.15. The Balaban J connectivity index is 2.36. The number of hydrogen-bond donors (Lipinski definition) is 0. The van der Waals surface area contributed by atoms with Crippen LogP contribution in [0.5, 0.6) is 0 Å². The minimum Gasteiger partial charge on any atom is -0.383 e. The number of aryl methyl sites for hydroxylation is 1. The first kappa shape index (κ1) is 13.3. The molecule has 5 nitrogen and oxygen atoms in total. The summed E-state index contributed by atoms with van der Waals surface area (Å²) >= 11 is 3.47. The highest BCUT2D eigenvalue weighted by Crippen LogP contribution is 2.22. The van der Waals surface area contributed by atoms with E-state index in [0.717, 1.165) is 35.3 Å². The molecular formula is C12H17BrN4O. The van der Waals surface area contributed by atoms with Gasteiger partial charge in [-0.1, -0.05) is 15.9 Å². The fourth-order valence-corrected chi connectivity index (χ4v) is 2.33. The van der Waals surface area contributed by atoms with Crippen LogP contribution in [0.25, 0.3) is 11.0 Å². The summed E-state index contributed by atoms with van der Waals surface area (Å²) in [4.78, 5) is 11.1. The monoisotopic (exact) mass is 312 g/mol. The SMILES string of the molecule is COCCN(CCBr)c1nccc2c1ncn2C. The average molecular weight is 313 g/mol. The van der Waals surface area contributed by atoms with Gasteiger partial charge in [-0.15, -0.1) is 0 Å². The van der Waals surface area contributed by atoms with Crippen LogP contribution in [0.1, 0.15) is 0 Å². The number of hydrogen-bond acceptors (Lipinski definition) is 4. The van der Waals surface area contributed by atoms with Gasteiger partial charge in [0.25, 0.3) is 0 Å². The molecule has 0 aliphatic heterocycles. The van der Waals surface area contributed by atoms with Gasteiger partial charge < -0.3 is 14.2 Å². The first-order chi connectivity index (χ1) is 8.77. The highest BCUT2D eigenvalue weighted by Gasteiger charge is 2.13. The van der Waals surface area contributed by atoms with Gasteiger partial charge in [0, 0.05) is 38.8 Å². The van der Waals surface area contributed by atoms with Crippen LogP contribution in [0.4, 0.5) is 5.82 Å². The van der Waals surface area contributed by atoms with Gasteiger partial charge in [-0.2, -0.15) is 0 Å². The zero-order chi connectivity index (χ0) is 13.0. The van der Waals surface area contributed by atoms with Gasteiger partial charge in [0.2, 0.25) is 0 Å². The van der Waals surface area contributed by atoms with Gasteiger partial charge in [0.15, 0.2) is 5.82 Å². The van der Waals surface area contributed by atoms with E-state index in [-0.39, 0.29) is 0 Å². The zero-order valence-electron chi connectivity index (χ0n) is 10.6. The van der Waals surface area contributed by atoms with Crippen molar-refractivity contribution in [1.29, 1.82) is 0 Å². The second-order valence-electron chi connectivity index (χ2n) is 4.03. The van der Waals surface area contributed by atoms with Crippen LogP contribution in [0.15, 0.2) is 18.6 Å². The first-order valence-corrected chi connectivity index (χ1v) is 6.96. The maximum Gasteiger partial charge on any atom is 0.156 e. The molecule has 18 heavy (non-hydrogen) atoms. The summed E-state index contributed by atoms with van der Waals surface area (Å²) in [5.74, 6) is 0.921. The summed E-state index contributed by atoms with van der Waals surface area (Å²) in [7, 11) is 3.70. The third-order valence-corrected chi connectivity index (χ3v) is 3.20. The Morgan fingerprint density at radius 3 is 2.94 bits per heavy atom. The predicted octanol–water partition coefficient (Wildman–Crippen LogP) is 1.82. The van der Waals surface area contributed by atoms with Gasteiger partial charge in [-0.25, -0.2) is 9.97 Å². The second-order valence-corrected chi connectivity index (χ2v) is 4.82. The minimum absolute atomic E-state index is 0.678. The van der Waals surface area contributed by atoms with Crippen molar-refractivity contribution in [2.75, 3.05) is 37.0 Å². The van der Waals surface area contributed by atoms with E-state index in [1.54, 1.807) is 7.11 Å². The van der Waals surface area contributed by atoms with Crippen LogP contribution in [0.2, 0.25) is 0 Å². The Bertz CT molecular complexity index is 514.